The zero-order valence-corrected chi connectivity index (χ0v) is 27.1. The number of ether oxygens (including phenoxy) is 4. The monoisotopic (exact) mass is 652 g/mol. The number of fused-ring (bicyclic) bond motifs is 4. The van der Waals surface area contributed by atoms with Crippen LogP contribution in [0.25, 0.3) is 0 Å². The van der Waals surface area contributed by atoms with Gasteiger partial charge in [0, 0.05) is 36.7 Å². The quantitative estimate of drug-likeness (QED) is 0.167. The Kier molecular flexibility index (Phi) is 9.30. The number of carbonyl (C=O) groups is 2. The number of hydrogen-bond donors (Lipinski definition) is 4. The molecule has 1 heterocycles. The van der Waals surface area contributed by atoms with Gasteiger partial charge < -0.3 is 39.8 Å². The van der Waals surface area contributed by atoms with Gasteiger partial charge in [-0.15, -0.1) is 0 Å². The average Bonchev–Trinajstić information content (AvgIpc) is 3.25. The van der Waals surface area contributed by atoms with Crippen LogP contribution in [0.3, 0.4) is 0 Å². The lowest BCUT2D eigenvalue weighted by molar-refractivity contribution is -0.162. The lowest BCUT2D eigenvalue weighted by Crippen LogP contribution is -2.55. The fraction of sp³-hybridized carbons (Fsp3) is 0.316. The Hall–Kier alpha value is -5.06. The molecule has 2 bridgehead atoms. The predicted octanol–water partition coefficient (Wildman–Crippen LogP) is 4.29. The van der Waals surface area contributed by atoms with E-state index in [1.165, 1.54) is 14.2 Å². The Morgan fingerprint density at radius 2 is 1.42 bits per heavy atom. The summed E-state index contributed by atoms with van der Waals surface area (Å²) in [6, 6.07) is 28.6. The van der Waals surface area contributed by atoms with Crippen LogP contribution in [-0.2, 0) is 16.0 Å². The van der Waals surface area contributed by atoms with Crippen molar-refractivity contribution in [3.63, 3.8) is 0 Å². The summed E-state index contributed by atoms with van der Waals surface area (Å²) in [7, 11) is 4.52. The number of aliphatic hydroxyl groups is 2. The van der Waals surface area contributed by atoms with Crippen LogP contribution in [0.4, 0.5) is 0 Å². The molecule has 2 amide bonds. The van der Waals surface area contributed by atoms with E-state index in [2.05, 4.69) is 10.6 Å². The van der Waals surface area contributed by atoms with Crippen LogP contribution in [0.2, 0.25) is 0 Å². The Bertz CT molecular complexity index is 1750. The molecular weight excluding hydrogens is 612 g/mol. The highest BCUT2D eigenvalue weighted by Crippen LogP contribution is 2.68. The van der Waals surface area contributed by atoms with Gasteiger partial charge in [0.1, 0.15) is 34.7 Å². The lowest BCUT2D eigenvalue weighted by Gasteiger charge is -2.45. The highest BCUT2D eigenvalue weighted by molar-refractivity contribution is 5.94. The first-order valence-electron chi connectivity index (χ1n) is 16.0. The second-order valence-corrected chi connectivity index (χ2v) is 12.0. The van der Waals surface area contributed by atoms with Crippen molar-refractivity contribution >= 4 is 11.8 Å². The van der Waals surface area contributed by atoms with Crippen LogP contribution in [0.15, 0.2) is 97.1 Å². The van der Waals surface area contributed by atoms with Gasteiger partial charge in [-0.1, -0.05) is 60.7 Å². The third-order valence-corrected chi connectivity index (χ3v) is 9.47. The summed E-state index contributed by atoms with van der Waals surface area (Å²) in [6.07, 6.45) is -0.405. The molecule has 0 aromatic heterocycles. The number of carbonyl (C=O) groups excluding carboxylic acids is 2. The number of rotatable bonds is 12. The third-order valence-electron chi connectivity index (χ3n) is 9.47. The van der Waals surface area contributed by atoms with Crippen LogP contribution in [0.1, 0.15) is 45.8 Å². The zero-order chi connectivity index (χ0) is 33.9. The van der Waals surface area contributed by atoms with E-state index < -0.39 is 35.0 Å². The Balaban J connectivity index is 1.36. The summed E-state index contributed by atoms with van der Waals surface area (Å²) in [5, 5.41) is 31.3. The molecule has 1 fully saturated rings. The molecular formula is C38H40N2O8. The molecule has 1 aliphatic carbocycles. The minimum absolute atomic E-state index is 0.159. The van der Waals surface area contributed by atoms with Gasteiger partial charge in [0.2, 0.25) is 5.91 Å². The van der Waals surface area contributed by atoms with Gasteiger partial charge >= 0.3 is 0 Å². The first-order chi connectivity index (χ1) is 23.3. The van der Waals surface area contributed by atoms with E-state index in [1.807, 2.05) is 48.5 Å². The summed E-state index contributed by atoms with van der Waals surface area (Å²) < 4.78 is 23.5. The van der Waals surface area contributed by atoms with E-state index in [1.54, 1.807) is 55.6 Å². The second-order valence-electron chi connectivity index (χ2n) is 12.0. The van der Waals surface area contributed by atoms with Crippen LogP contribution in [0.5, 0.6) is 23.0 Å². The molecule has 0 radical (unpaired) electrons. The number of hydrogen-bond acceptors (Lipinski definition) is 8. The van der Waals surface area contributed by atoms with Crippen LogP contribution in [0, 0.1) is 5.92 Å². The molecule has 4 aromatic carbocycles. The number of methoxy groups -OCH3 is 3. The van der Waals surface area contributed by atoms with Crippen LogP contribution in [-0.4, -0.2) is 62.6 Å². The minimum atomic E-state index is -2.14. The normalized spacial score (nSPS) is 23.7. The van der Waals surface area contributed by atoms with E-state index in [4.69, 9.17) is 18.9 Å². The minimum Gasteiger partial charge on any atom is -0.497 e. The molecule has 0 spiro atoms. The maximum atomic E-state index is 14.5. The molecule has 4 aromatic rings. The fourth-order valence-corrected chi connectivity index (χ4v) is 7.25. The maximum absolute atomic E-state index is 14.5. The van der Waals surface area contributed by atoms with Crippen LogP contribution < -0.4 is 29.6 Å². The first kappa shape index (κ1) is 32.9. The van der Waals surface area contributed by atoms with Crippen molar-refractivity contribution in [2.45, 2.75) is 36.1 Å². The highest BCUT2D eigenvalue weighted by Gasteiger charge is 2.76. The molecule has 2 aliphatic rings. The SMILES string of the molecule is COc1ccc([C@@]23Oc4cc(OC)cc(OC)c4[C@@](O)([C@@H](C(=O)NCCCCNC(=O)c4ccccc4)[C@@H]2c2ccccc2)[C@@H]3O)cc1. The first-order valence-corrected chi connectivity index (χ1v) is 16.0. The van der Waals surface area contributed by atoms with Gasteiger partial charge in [0.25, 0.3) is 5.91 Å². The summed E-state index contributed by atoms with van der Waals surface area (Å²) in [6.45, 7) is 0.719. The number of benzene rings is 4. The molecule has 5 atom stereocenters. The van der Waals surface area contributed by atoms with Crippen molar-refractivity contribution in [1.29, 1.82) is 0 Å². The van der Waals surface area contributed by atoms with Crippen molar-refractivity contribution in [2.75, 3.05) is 34.4 Å². The summed E-state index contributed by atoms with van der Waals surface area (Å²) in [5.41, 5.74) is -1.73. The number of amides is 2. The molecule has 250 valence electrons. The standard InChI is InChI=1S/C38H40N2O8/c1-45-27-18-16-26(17-19-27)38-31(24-12-6-4-7-13-24)33(35(42)40-21-11-10-20-39-34(41)25-14-8-5-9-15-25)37(44,36(38)43)32-29(47-3)22-28(46-2)23-30(32)48-38/h4-9,12-19,22-23,31,33,36,43-44H,10-11,20-21H2,1-3H3,(H,39,41)(H,40,42)/t31-,33+,36-,37+,38+/m0/s1. The molecule has 4 N–H and O–H groups in total. The molecule has 0 saturated heterocycles. The predicted molar refractivity (Wildman–Crippen MR) is 178 cm³/mol. The zero-order valence-electron chi connectivity index (χ0n) is 27.1. The third kappa shape index (κ3) is 5.50. The smallest absolute Gasteiger partial charge is 0.251 e. The van der Waals surface area contributed by atoms with E-state index in [0.717, 1.165) is 0 Å². The van der Waals surface area contributed by atoms with E-state index in [9.17, 15) is 19.8 Å². The van der Waals surface area contributed by atoms with Gasteiger partial charge in [0.15, 0.2) is 5.60 Å². The number of aliphatic hydroxyl groups excluding tert-OH is 1. The molecule has 48 heavy (non-hydrogen) atoms. The molecule has 6 rings (SSSR count). The van der Waals surface area contributed by atoms with Gasteiger partial charge in [-0.2, -0.15) is 0 Å². The lowest BCUT2D eigenvalue weighted by atomic mass is 9.75. The average molecular weight is 653 g/mol. The second kappa shape index (κ2) is 13.6. The summed E-state index contributed by atoms with van der Waals surface area (Å²) >= 11 is 0. The van der Waals surface area contributed by atoms with Crippen molar-refractivity contribution in [1.82, 2.24) is 10.6 Å². The Labute approximate surface area is 279 Å². The summed E-state index contributed by atoms with van der Waals surface area (Å²) in [4.78, 5) is 26.9. The van der Waals surface area contributed by atoms with Crippen molar-refractivity contribution in [3.05, 3.63) is 119 Å². The molecule has 10 nitrogen and oxygen atoms in total. The highest BCUT2D eigenvalue weighted by atomic mass is 16.5. The van der Waals surface area contributed by atoms with E-state index in [0.29, 0.717) is 47.6 Å². The topological polar surface area (TPSA) is 136 Å². The van der Waals surface area contributed by atoms with Gasteiger partial charge in [0.05, 0.1) is 32.8 Å². The Morgan fingerprint density at radius 1 is 0.792 bits per heavy atom. The van der Waals surface area contributed by atoms with Crippen LogP contribution >= 0.6 is 0 Å². The summed E-state index contributed by atoms with van der Waals surface area (Å²) in [5.74, 6) is -1.19. The molecule has 1 saturated carbocycles. The van der Waals surface area contributed by atoms with E-state index in [-0.39, 0.29) is 29.5 Å². The largest absolute Gasteiger partial charge is 0.497 e. The molecule has 10 heteroatoms. The van der Waals surface area contributed by atoms with E-state index >= 15 is 0 Å². The number of nitrogens with one attached hydrogen (secondary N) is 2. The van der Waals surface area contributed by atoms with Gasteiger partial charge in [-0.05, 0) is 48.2 Å². The fourth-order valence-electron chi connectivity index (χ4n) is 7.25. The molecule has 1 aliphatic heterocycles. The maximum Gasteiger partial charge on any atom is 0.251 e. The molecule has 0 unspecified atom stereocenters. The Morgan fingerprint density at radius 3 is 2.04 bits per heavy atom. The van der Waals surface area contributed by atoms with Gasteiger partial charge in [-0.3, -0.25) is 9.59 Å². The van der Waals surface area contributed by atoms with Crippen molar-refractivity contribution < 1.29 is 38.7 Å². The van der Waals surface area contributed by atoms with Gasteiger partial charge in [-0.25, -0.2) is 0 Å². The van der Waals surface area contributed by atoms with Crippen molar-refractivity contribution in [2.24, 2.45) is 5.92 Å². The van der Waals surface area contributed by atoms with Crippen molar-refractivity contribution in [3.8, 4) is 23.0 Å². The number of unbranched alkanes of at least 4 members (excludes halogenated alkanes) is 1.